The minimum Gasteiger partial charge on any atom is -0.497 e. The third kappa shape index (κ3) is 4.09. The lowest BCUT2D eigenvalue weighted by molar-refractivity contribution is 0.102. The Bertz CT molecular complexity index is 970. The Morgan fingerprint density at radius 3 is 2.79 bits per heavy atom. The van der Waals surface area contributed by atoms with Gasteiger partial charge in [-0.2, -0.15) is 11.8 Å². The zero-order chi connectivity index (χ0) is 19.3. The number of rotatable bonds is 5. The maximum Gasteiger partial charge on any atom is 0.275 e. The number of hydrogen-bond acceptors (Lipinski definition) is 7. The van der Waals surface area contributed by atoms with Crippen LogP contribution in [0.25, 0.3) is 5.82 Å². The van der Waals surface area contributed by atoms with Gasteiger partial charge in [0, 0.05) is 48.6 Å². The van der Waals surface area contributed by atoms with Gasteiger partial charge in [-0.05, 0) is 12.1 Å². The Kier molecular flexibility index (Phi) is 5.43. The average molecular weight is 396 g/mol. The predicted octanol–water partition coefficient (Wildman–Crippen LogP) is 2.48. The van der Waals surface area contributed by atoms with Crippen LogP contribution in [0.2, 0.25) is 0 Å². The van der Waals surface area contributed by atoms with Crippen LogP contribution in [0.5, 0.6) is 5.75 Å². The summed E-state index contributed by atoms with van der Waals surface area (Å²) in [5, 5.41) is 2.82. The number of nitrogens with zero attached hydrogens (tertiary/aromatic N) is 5. The molecule has 0 atom stereocenters. The monoisotopic (exact) mass is 396 g/mol. The zero-order valence-corrected chi connectivity index (χ0v) is 16.2. The second kappa shape index (κ2) is 8.30. The van der Waals surface area contributed by atoms with Crippen LogP contribution in [0.15, 0.2) is 49.2 Å². The normalized spacial score (nSPS) is 14.0. The smallest absolute Gasteiger partial charge is 0.275 e. The molecule has 0 saturated carbocycles. The summed E-state index contributed by atoms with van der Waals surface area (Å²) in [5.41, 5.74) is 0.948. The van der Waals surface area contributed by atoms with E-state index >= 15 is 0 Å². The summed E-state index contributed by atoms with van der Waals surface area (Å²) in [6.45, 7) is 1.94. The third-order valence-corrected chi connectivity index (χ3v) is 5.32. The number of anilines is 2. The van der Waals surface area contributed by atoms with Crippen LogP contribution in [0.4, 0.5) is 11.5 Å². The molecular formula is C19H20N6O2S. The number of benzene rings is 1. The molecule has 1 aliphatic heterocycles. The molecule has 28 heavy (non-hydrogen) atoms. The number of nitrogens with one attached hydrogen (secondary N) is 1. The topological polar surface area (TPSA) is 85.2 Å². The number of imidazole rings is 1. The van der Waals surface area contributed by atoms with E-state index in [-0.39, 0.29) is 5.91 Å². The number of ether oxygens (including phenoxy) is 1. The molecule has 0 aliphatic carbocycles. The maximum absolute atomic E-state index is 12.5. The van der Waals surface area contributed by atoms with E-state index in [4.69, 9.17) is 4.74 Å². The lowest BCUT2D eigenvalue weighted by atomic mass is 10.3. The summed E-state index contributed by atoms with van der Waals surface area (Å²) < 4.78 is 6.90. The van der Waals surface area contributed by atoms with Gasteiger partial charge in [0.05, 0.1) is 7.11 Å². The van der Waals surface area contributed by atoms with Crippen molar-refractivity contribution >= 4 is 29.2 Å². The summed E-state index contributed by atoms with van der Waals surface area (Å²) in [6, 6.07) is 9.10. The second-order valence-corrected chi connectivity index (χ2v) is 7.41. The largest absolute Gasteiger partial charge is 0.497 e. The molecule has 1 aromatic carbocycles. The molecular weight excluding hydrogens is 376 g/mol. The fourth-order valence-electron chi connectivity index (χ4n) is 2.91. The highest BCUT2D eigenvalue weighted by atomic mass is 32.2. The summed E-state index contributed by atoms with van der Waals surface area (Å²) >= 11 is 1.95. The first-order valence-corrected chi connectivity index (χ1v) is 10.0. The van der Waals surface area contributed by atoms with Crippen LogP contribution in [0.3, 0.4) is 0 Å². The maximum atomic E-state index is 12.5. The fourth-order valence-corrected chi connectivity index (χ4v) is 3.81. The molecule has 1 N–H and O–H groups in total. The van der Waals surface area contributed by atoms with Crippen LogP contribution >= 0.6 is 11.8 Å². The number of aromatic nitrogens is 4. The van der Waals surface area contributed by atoms with Gasteiger partial charge in [0.2, 0.25) is 0 Å². The molecule has 0 radical (unpaired) electrons. The molecule has 3 aromatic rings. The van der Waals surface area contributed by atoms with Crippen molar-refractivity contribution in [2.75, 3.05) is 41.9 Å². The zero-order valence-electron chi connectivity index (χ0n) is 15.4. The first-order chi connectivity index (χ1) is 13.7. The van der Waals surface area contributed by atoms with Crippen molar-refractivity contribution in [2.24, 2.45) is 0 Å². The lowest BCUT2D eigenvalue weighted by Gasteiger charge is -2.27. The Labute approximate surface area is 167 Å². The fraction of sp³-hybridized carbons (Fsp3) is 0.263. The van der Waals surface area contributed by atoms with E-state index in [0.29, 0.717) is 22.9 Å². The van der Waals surface area contributed by atoms with Crippen molar-refractivity contribution < 1.29 is 9.53 Å². The molecule has 1 saturated heterocycles. The molecule has 2 aromatic heterocycles. The van der Waals surface area contributed by atoms with E-state index in [9.17, 15) is 4.79 Å². The van der Waals surface area contributed by atoms with E-state index in [1.807, 2.05) is 30.0 Å². The van der Waals surface area contributed by atoms with Gasteiger partial charge in [0.25, 0.3) is 5.91 Å². The van der Waals surface area contributed by atoms with E-state index in [0.717, 1.165) is 30.4 Å². The summed E-state index contributed by atoms with van der Waals surface area (Å²) in [7, 11) is 1.58. The molecule has 1 fully saturated rings. The van der Waals surface area contributed by atoms with Crippen molar-refractivity contribution in [3.05, 3.63) is 54.9 Å². The Morgan fingerprint density at radius 1 is 1.14 bits per heavy atom. The van der Waals surface area contributed by atoms with Gasteiger partial charge in [0.1, 0.15) is 35.7 Å². The van der Waals surface area contributed by atoms with Crippen LogP contribution in [0, 0.1) is 0 Å². The van der Waals surface area contributed by atoms with Crippen LogP contribution in [-0.4, -0.2) is 57.1 Å². The van der Waals surface area contributed by atoms with E-state index in [1.165, 1.54) is 0 Å². The van der Waals surface area contributed by atoms with Crippen LogP contribution in [0.1, 0.15) is 10.5 Å². The predicted molar refractivity (Wildman–Crippen MR) is 110 cm³/mol. The van der Waals surface area contributed by atoms with Gasteiger partial charge >= 0.3 is 0 Å². The number of thioether (sulfide) groups is 1. The van der Waals surface area contributed by atoms with E-state index in [2.05, 4.69) is 25.2 Å². The van der Waals surface area contributed by atoms with Gasteiger partial charge in [-0.3, -0.25) is 9.36 Å². The first-order valence-electron chi connectivity index (χ1n) is 8.87. The molecule has 1 aliphatic rings. The molecule has 8 nitrogen and oxygen atoms in total. The number of carbonyl (C=O) groups excluding carboxylic acids is 1. The van der Waals surface area contributed by atoms with Crippen LogP contribution < -0.4 is 15.0 Å². The van der Waals surface area contributed by atoms with Gasteiger partial charge in [-0.15, -0.1) is 0 Å². The number of hydrogen-bond donors (Lipinski definition) is 1. The average Bonchev–Trinajstić information content (AvgIpc) is 3.25. The SMILES string of the molecule is COc1cccc(NC(=O)c2cn(-c3cc(N4CCSCC4)ncn3)cn2)c1. The molecule has 0 spiro atoms. The Hall–Kier alpha value is -3.07. The van der Waals surface area contributed by atoms with Crippen molar-refractivity contribution in [3.8, 4) is 11.6 Å². The first kappa shape index (κ1) is 18.3. The van der Waals surface area contributed by atoms with Crippen molar-refractivity contribution in [3.63, 3.8) is 0 Å². The van der Waals surface area contributed by atoms with E-state index < -0.39 is 0 Å². The third-order valence-electron chi connectivity index (χ3n) is 4.38. The molecule has 0 unspecified atom stereocenters. The molecule has 1 amide bonds. The Balaban J connectivity index is 1.50. The highest BCUT2D eigenvalue weighted by Crippen LogP contribution is 2.20. The van der Waals surface area contributed by atoms with Gasteiger partial charge < -0.3 is 15.0 Å². The lowest BCUT2D eigenvalue weighted by Crippen LogP contribution is -2.33. The van der Waals surface area contributed by atoms with Gasteiger partial charge in [-0.1, -0.05) is 6.07 Å². The van der Waals surface area contributed by atoms with Crippen LogP contribution in [-0.2, 0) is 0 Å². The summed E-state index contributed by atoms with van der Waals surface area (Å²) in [4.78, 5) is 27.7. The molecule has 4 rings (SSSR count). The second-order valence-electron chi connectivity index (χ2n) is 6.19. The minimum absolute atomic E-state index is 0.297. The van der Waals surface area contributed by atoms with Gasteiger partial charge in [0.15, 0.2) is 0 Å². The van der Waals surface area contributed by atoms with Crippen molar-refractivity contribution in [2.45, 2.75) is 0 Å². The Morgan fingerprint density at radius 2 is 1.96 bits per heavy atom. The molecule has 9 heteroatoms. The highest BCUT2D eigenvalue weighted by Gasteiger charge is 2.15. The standard InChI is InChI=1S/C19H20N6O2S/c1-27-15-4-2-3-14(9-15)23-19(26)16-11-25(13-22-16)18-10-17(20-12-21-18)24-5-7-28-8-6-24/h2-4,9-13H,5-8H2,1H3,(H,23,26). The van der Waals surface area contributed by atoms with E-state index in [1.54, 1.807) is 42.7 Å². The van der Waals surface area contributed by atoms with Crippen molar-refractivity contribution in [1.82, 2.24) is 19.5 Å². The van der Waals surface area contributed by atoms with Gasteiger partial charge in [-0.25, -0.2) is 15.0 Å². The number of methoxy groups -OCH3 is 1. The van der Waals surface area contributed by atoms with Crippen molar-refractivity contribution in [1.29, 1.82) is 0 Å². The number of amides is 1. The highest BCUT2D eigenvalue weighted by molar-refractivity contribution is 7.99. The molecule has 3 heterocycles. The molecule has 144 valence electrons. The quantitative estimate of drug-likeness (QED) is 0.709. The molecule has 0 bridgehead atoms. The number of carbonyl (C=O) groups is 1. The summed E-state index contributed by atoms with van der Waals surface area (Å²) in [6.07, 6.45) is 4.79. The summed E-state index contributed by atoms with van der Waals surface area (Å²) in [5.74, 6) is 4.14. The minimum atomic E-state index is -0.297.